The molecule has 0 bridgehead atoms. The van der Waals surface area contributed by atoms with Crippen LogP contribution in [0.15, 0.2) is 35.0 Å². The Balaban J connectivity index is 5.26. The van der Waals surface area contributed by atoms with Gasteiger partial charge in [0, 0.05) is 0 Å². The fourth-order valence-corrected chi connectivity index (χ4v) is 0.923. The van der Waals surface area contributed by atoms with E-state index in [9.17, 15) is 13.2 Å². The molecule has 0 aliphatic heterocycles. The summed E-state index contributed by atoms with van der Waals surface area (Å²) in [4.78, 5) is 0. The summed E-state index contributed by atoms with van der Waals surface area (Å²) in [5.41, 5.74) is 3.83. The van der Waals surface area contributed by atoms with Crippen LogP contribution in [0.3, 0.4) is 0 Å². The predicted octanol–water partition coefficient (Wildman–Crippen LogP) is 3.48. The summed E-state index contributed by atoms with van der Waals surface area (Å²) in [5, 5.41) is -0.193. The maximum absolute atomic E-state index is 12.4. The van der Waals surface area contributed by atoms with Crippen molar-refractivity contribution < 1.29 is 13.2 Å². The smallest absolute Gasteiger partial charge is 0.397 e. The predicted molar refractivity (Wildman–Crippen MR) is 51.7 cm³/mol. The summed E-state index contributed by atoms with van der Waals surface area (Å²) >= 11 is 5.45. The van der Waals surface area contributed by atoms with E-state index in [2.05, 4.69) is 6.58 Å². The molecule has 0 aromatic carbocycles. The molecule has 0 saturated carbocycles. The highest BCUT2D eigenvalue weighted by Crippen LogP contribution is 2.31. The third-order valence-corrected chi connectivity index (χ3v) is 1.80. The Morgan fingerprint density at radius 1 is 1.50 bits per heavy atom. The minimum atomic E-state index is -4.48. The van der Waals surface area contributed by atoms with E-state index < -0.39 is 17.4 Å². The number of allylic oxidation sites excluding steroid dienone is 4. The lowest BCUT2D eigenvalue weighted by atomic mass is 10.1. The second kappa shape index (κ2) is 5.10. The quantitative estimate of drug-likeness (QED) is 0.732. The van der Waals surface area contributed by atoms with Crippen LogP contribution >= 0.6 is 11.6 Å². The molecule has 0 radical (unpaired) electrons. The first-order chi connectivity index (χ1) is 6.34. The van der Waals surface area contributed by atoms with Gasteiger partial charge in [-0.25, -0.2) is 0 Å². The molecule has 0 fully saturated rings. The van der Waals surface area contributed by atoms with E-state index in [0.717, 1.165) is 12.2 Å². The van der Waals surface area contributed by atoms with E-state index in [-0.39, 0.29) is 11.5 Å². The fraction of sp³-hybridized carbons (Fsp3) is 0.333. The van der Waals surface area contributed by atoms with Gasteiger partial charge in [-0.05, 0) is 12.5 Å². The van der Waals surface area contributed by atoms with Crippen LogP contribution in [0.25, 0.3) is 0 Å². The van der Waals surface area contributed by atoms with E-state index in [1.54, 1.807) is 6.92 Å². The van der Waals surface area contributed by atoms with Crippen molar-refractivity contribution in [3.8, 4) is 0 Å². The Hall–Kier alpha value is -0.900. The molecule has 0 aliphatic carbocycles. The highest BCUT2D eigenvalue weighted by molar-refractivity contribution is 6.31. The molecular weight excluding hydrogens is 215 g/mol. The van der Waals surface area contributed by atoms with Crippen molar-refractivity contribution in [1.29, 1.82) is 0 Å². The van der Waals surface area contributed by atoms with Gasteiger partial charge in [0.1, 0.15) is 0 Å². The van der Waals surface area contributed by atoms with Crippen molar-refractivity contribution in [3.63, 3.8) is 0 Å². The van der Waals surface area contributed by atoms with Gasteiger partial charge < -0.3 is 5.73 Å². The lowest BCUT2D eigenvalue weighted by Crippen LogP contribution is -2.19. The summed E-state index contributed by atoms with van der Waals surface area (Å²) in [5.74, 6) is 0. The molecule has 0 atom stereocenters. The molecular formula is C9H11ClF3N. The molecule has 5 heteroatoms. The maximum Gasteiger partial charge on any atom is 0.418 e. The van der Waals surface area contributed by atoms with Gasteiger partial charge in [0.25, 0.3) is 0 Å². The summed E-state index contributed by atoms with van der Waals surface area (Å²) in [6.07, 6.45) is -2.19. The molecule has 2 N–H and O–H groups in total. The minimum absolute atomic E-state index is 0.193. The summed E-state index contributed by atoms with van der Waals surface area (Å²) in [7, 11) is 0. The van der Waals surface area contributed by atoms with Crippen LogP contribution in [0.5, 0.6) is 0 Å². The van der Waals surface area contributed by atoms with Crippen molar-refractivity contribution in [2.75, 3.05) is 0 Å². The topological polar surface area (TPSA) is 26.0 Å². The molecule has 1 nitrogen and oxygen atoms in total. The van der Waals surface area contributed by atoms with Gasteiger partial charge in [-0.2, -0.15) is 13.2 Å². The van der Waals surface area contributed by atoms with Crippen molar-refractivity contribution in [2.24, 2.45) is 5.73 Å². The average Bonchev–Trinajstić information content (AvgIpc) is 2.09. The molecule has 0 unspecified atom stereocenters. The van der Waals surface area contributed by atoms with Crippen LogP contribution in [0.4, 0.5) is 13.2 Å². The molecule has 0 amide bonds. The lowest BCUT2D eigenvalue weighted by Gasteiger charge is -2.12. The number of alkyl halides is 3. The molecule has 14 heavy (non-hydrogen) atoms. The van der Waals surface area contributed by atoms with E-state index in [0.29, 0.717) is 0 Å². The molecule has 0 saturated heterocycles. The Morgan fingerprint density at radius 3 is 2.29 bits per heavy atom. The molecule has 0 aromatic rings. The largest absolute Gasteiger partial charge is 0.418 e. The van der Waals surface area contributed by atoms with E-state index in [4.69, 9.17) is 17.3 Å². The Labute approximate surface area is 85.7 Å². The van der Waals surface area contributed by atoms with E-state index in [1.807, 2.05) is 0 Å². The second-order valence-corrected chi connectivity index (χ2v) is 2.90. The second-order valence-electron chi connectivity index (χ2n) is 2.49. The number of nitrogens with two attached hydrogens (primary N) is 1. The fourth-order valence-electron chi connectivity index (χ4n) is 0.821. The monoisotopic (exact) mass is 225 g/mol. The van der Waals surface area contributed by atoms with Crippen LogP contribution < -0.4 is 5.73 Å². The van der Waals surface area contributed by atoms with Crippen LogP contribution in [-0.2, 0) is 0 Å². The summed E-state index contributed by atoms with van der Waals surface area (Å²) in [6, 6.07) is 0. The van der Waals surface area contributed by atoms with Crippen molar-refractivity contribution >= 4 is 11.6 Å². The van der Waals surface area contributed by atoms with Gasteiger partial charge in [-0.15, -0.1) is 0 Å². The molecule has 0 rings (SSSR count). The molecule has 0 spiro atoms. The zero-order valence-electron chi connectivity index (χ0n) is 7.66. The molecule has 0 aliphatic rings. The maximum atomic E-state index is 12.4. The zero-order chi connectivity index (χ0) is 11.4. The lowest BCUT2D eigenvalue weighted by molar-refractivity contribution is -0.0896. The summed E-state index contributed by atoms with van der Waals surface area (Å²) < 4.78 is 37.1. The first-order valence-corrected chi connectivity index (χ1v) is 4.27. The van der Waals surface area contributed by atoms with Crippen LogP contribution in [0, 0.1) is 0 Å². The van der Waals surface area contributed by atoms with Gasteiger partial charge in [-0.1, -0.05) is 31.2 Å². The van der Waals surface area contributed by atoms with Gasteiger partial charge >= 0.3 is 6.18 Å². The number of hydrogen-bond acceptors (Lipinski definition) is 1. The van der Waals surface area contributed by atoms with E-state index in [1.165, 1.54) is 0 Å². The number of hydrogen-bond donors (Lipinski definition) is 1. The molecule has 0 heterocycles. The molecule has 0 aromatic heterocycles. The number of rotatable bonds is 3. The normalized spacial score (nSPS) is 15.1. The van der Waals surface area contributed by atoms with Crippen molar-refractivity contribution in [1.82, 2.24) is 0 Å². The van der Waals surface area contributed by atoms with Gasteiger partial charge in [0.05, 0.1) is 16.3 Å². The standard InChI is InChI=1S/C9H11ClF3N/c1-3-5-6(9(11,12)13)8(14)7(10)4-2/h4-5H,2-3,14H2,1H3/b6-5+,8-7-. The van der Waals surface area contributed by atoms with Gasteiger partial charge in [0.2, 0.25) is 0 Å². The van der Waals surface area contributed by atoms with Crippen molar-refractivity contribution in [3.05, 3.63) is 35.0 Å². The first-order valence-electron chi connectivity index (χ1n) is 3.90. The Morgan fingerprint density at radius 2 is 2.00 bits per heavy atom. The third kappa shape index (κ3) is 3.46. The third-order valence-electron chi connectivity index (χ3n) is 1.44. The Kier molecular flexibility index (Phi) is 4.77. The summed E-state index contributed by atoms with van der Waals surface area (Å²) in [6.45, 7) is 4.83. The average molecular weight is 226 g/mol. The highest BCUT2D eigenvalue weighted by Gasteiger charge is 2.35. The zero-order valence-corrected chi connectivity index (χ0v) is 8.41. The van der Waals surface area contributed by atoms with E-state index >= 15 is 0 Å². The SMILES string of the molecule is C=C/C(Cl)=C(N)\C(=C/CC)C(F)(F)F. The van der Waals surface area contributed by atoms with Gasteiger partial charge in [0.15, 0.2) is 0 Å². The minimum Gasteiger partial charge on any atom is -0.397 e. The van der Waals surface area contributed by atoms with Crippen LogP contribution in [0.1, 0.15) is 13.3 Å². The van der Waals surface area contributed by atoms with Crippen molar-refractivity contribution in [2.45, 2.75) is 19.5 Å². The number of halogens is 4. The van der Waals surface area contributed by atoms with Gasteiger partial charge in [-0.3, -0.25) is 0 Å². The molecule has 80 valence electrons. The Bertz CT molecular complexity index is 276. The highest BCUT2D eigenvalue weighted by atomic mass is 35.5. The first kappa shape index (κ1) is 13.1. The van der Waals surface area contributed by atoms with Crippen LogP contribution in [0.2, 0.25) is 0 Å². The van der Waals surface area contributed by atoms with Crippen LogP contribution in [-0.4, -0.2) is 6.18 Å².